The van der Waals surface area contributed by atoms with Gasteiger partial charge in [-0.3, -0.25) is 0 Å². The zero-order chi connectivity index (χ0) is 51.2. The largest absolute Gasteiger partial charge is 0.309 e. The molecule has 3 heterocycles. The third kappa shape index (κ3) is 7.34. The van der Waals surface area contributed by atoms with Gasteiger partial charge in [-0.25, -0.2) is 15.0 Å². The smallest absolute Gasteiger partial charge is 0.164 e. The van der Waals surface area contributed by atoms with Gasteiger partial charge in [-0.2, -0.15) is 0 Å². The summed E-state index contributed by atoms with van der Waals surface area (Å²) in [6.07, 6.45) is 0. The average molecular weight is 984 g/mol. The van der Waals surface area contributed by atoms with Crippen molar-refractivity contribution in [2.24, 2.45) is 0 Å². The van der Waals surface area contributed by atoms with Crippen molar-refractivity contribution in [3.63, 3.8) is 0 Å². The lowest BCUT2D eigenvalue weighted by Crippen LogP contribution is -2.15. The average Bonchev–Trinajstić information content (AvgIpc) is 4.17. The van der Waals surface area contributed by atoms with E-state index in [4.69, 9.17) is 15.0 Å². The van der Waals surface area contributed by atoms with Crippen molar-refractivity contribution >= 4 is 43.6 Å². The molecular formula is C72H49N5. The molecule has 0 unspecified atom stereocenters. The van der Waals surface area contributed by atoms with E-state index in [1.807, 2.05) is 12.1 Å². The Morgan fingerprint density at radius 3 is 1.27 bits per heavy atom. The number of nitrogens with zero attached hydrogens (tertiary/aromatic N) is 5. The number of fused-ring (bicyclic) bond motifs is 9. The minimum Gasteiger partial charge on any atom is -0.309 e. The molecule has 3 aromatic heterocycles. The molecule has 5 nitrogen and oxygen atoms in total. The first-order valence-electron chi connectivity index (χ1n) is 26.4. The summed E-state index contributed by atoms with van der Waals surface area (Å²) in [6.45, 7) is 4.71. The van der Waals surface area contributed by atoms with Crippen LogP contribution in [0.2, 0.25) is 0 Å². The first-order chi connectivity index (χ1) is 37.9. The molecule has 0 amide bonds. The quantitative estimate of drug-likeness (QED) is 0.152. The summed E-state index contributed by atoms with van der Waals surface area (Å²) in [6, 6.07) is 93.9. The van der Waals surface area contributed by atoms with Crippen LogP contribution in [-0.2, 0) is 5.41 Å². The highest BCUT2D eigenvalue weighted by Crippen LogP contribution is 2.50. The maximum atomic E-state index is 5.15. The number of hydrogen-bond acceptors (Lipinski definition) is 3. The van der Waals surface area contributed by atoms with Crippen LogP contribution in [0.15, 0.2) is 261 Å². The van der Waals surface area contributed by atoms with Crippen molar-refractivity contribution in [3.8, 4) is 90.0 Å². The second-order valence-electron chi connectivity index (χ2n) is 20.8. The van der Waals surface area contributed by atoms with Crippen LogP contribution in [0.5, 0.6) is 0 Å². The fraction of sp³-hybridized carbons (Fsp3) is 0.0417. The molecule has 0 fully saturated rings. The van der Waals surface area contributed by atoms with Crippen molar-refractivity contribution < 1.29 is 0 Å². The lowest BCUT2D eigenvalue weighted by atomic mass is 9.82. The van der Waals surface area contributed by atoms with E-state index in [0.29, 0.717) is 17.5 Å². The molecule has 0 bridgehead atoms. The summed E-state index contributed by atoms with van der Waals surface area (Å²) >= 11 is 0. The number of benzene rings is 11. The Bertz CT molecular complexity index is 4500. The molecule has 11 aromatic carbocycles. The lowest BCUT2D eigenvalue weighted by molar-refractivity contribution is 0.660. The Morgan fingerprint density at radius 2 is 0.662 bits per heavy atom. The summed E-state index contributed by atoms with van der Waals surface area (Å²) in [5, 5.41) is 4.90. The minimum absolute atomic E-state index is 0.0982. The minimum atomic E-state index is -0.0982. The van der Waals surface area contributed by atoms with Gasteiger partial charge in [-0.1, -0.05) is 208 Å². The van der Waals surface area contributed by atoms with E-state index in [2.05, 4.69) is 272 Å². The van der Waals surface area contributed by atoms with Crippen molar-refractivity contribution in [3.05, 3.63) is 272 Å². The Balaban J connectivity index is 0.804. The van der Waals surface area contributed by atoms with Crippen LogP contribution in [0, 0.1) is 0 Å². The summed E-state index contributed by atoms with van der Waals surface area (Å²) in [5.74, 6) is 1.86. The summed E-state index contributed by atoms with van der Waals surface area (Å²) < 4.78 is 4.84. The maximum Gasteiger partial charge on any atom is 0.164 e. The second-order valence-corrected chi connectivity index (χ2v) is 20.8. The van der Waals surface area contributed by atoms with Crippen LogP contribution in [0.3, 0.4) is 0 Å². The van der Waals surface area contributed by atoms with Gasteiger partial charge < -0.3 is 9.13 Å². The molecular weight excluding hydrogens is 935 g/mol. The van der Waals surface area contributed by atoms with Crippen LogP contribution in [0.4, 0.5) is 0 Å². The van der Waals surface area contributed by atoms with E-state index in [0.717, 1.165) is 44.5 Å². The zero-order valence-corrected chi connectivity index (χ0v) is 42.6. The third-order valence-electron chi connectivity index (χ3n) is 16.0. The van der Waals surface area contributed by atoms with Gasteiger partial charge in [-0.15, -0.1) is 0 Å². The van der Waals surface area contributed by atoms with Crippen LogP contribution in [0.25, 0.3) is 134 Å². The molecule has 0 saturated carbocycles. The van der Waals surface area contributed by atoms with Gasteiger partial charge in [0.25, 0.3) is 0 Å². The van der Waals surface area contributed by atoms with Crippen molar-refractivity contribution in [1.82, 2.24) is 24.1 Å². The maximum absolute atomic E-state index is 5.15. The lowest BCUT2D eigenvalue weighted by Gasteiger charge is -2.22. The predicted molar refractivity (Wildman–Crippen MR) is 319 cm³/mol. The predicted octanol–water partition coefficient (Wildman–Crippen LogP) is 18.4. The van der Waals surface area contributed by atoms with E-state index < -0.39 is 0 Å². The van der Waals surface area contributed by atoms with E-state index in [1.54, 1.807) is 0 Å². The normalized spacial score (nSPS) is 12.6. The van der Waals surface area contributed by atoms with E-state index in [-0.39, 0.29) is 5.41 Å². The Morgan fingerprint density at radius 1 is 0.260 bits per heavy atom. The molecule has 1 aliphatic carbocycles. The summed E-state index contributed by atoms with van der Waals surface area (Å²) in [7, 11) is 0. The van der Waals surface area contributed by atoms with Gasteiger partial charge in [-0.05, 0) is 122 Å². The van der Waals surface area contributed by atoms with Gasteiger partial charge >= 0.3 is 0 Å². The van der Waals surface area contributed by atoms with Crippen LogP contribution >= 0.6 is 0 Å². The monoisotopic (exact) mass is 983 g/mol. The van der Waals surface area contributed by atoms with Crippen molar-refractivity contribution in [2.75, 3.05) is 0 Å². The van der Waals surface area contributed by atoms with Gasteiger partial charge in [0.1, 0.15) is 0 Å². The molecule has 0 aliphatic heterocycles. The number of aromatic nitrogens is 5. The Labute approximate surface area is 446 Å². The van der Waals surface area contributed by atoms with Crippen LogP contribution in [0.1, 0.15) is 25.0 Å². The van der Waals surface area contributed by atoms with E-state index >= 15 is 0 Å². The van der Waals surface area contributed by atoms with Gasteiger partial charge in [0, 0.05) is 55.0 Å². The fourth-order valence-corrected chi connectivity index (χ4v) is 12.1. The molecule has 15 rings (SSSR count). The van der Waals surface area contributed by atoms with Crippen molar-refractivity contribution in [2.45, 2.75) is 19.3 Å². The first-order valence-corrected chi connectivity index (χ1v) is 26.4. The number of para-hydroxylation sites is 2. The third-order valence-corrected chi connectivity index (χ3v) is 16.0. The number of hydrogen-bond donors (Lipinski definition) is 0. The van der Waals surface area contributed by atoms with Gasteiger partial charge in [0.05, 0.1) is 22.1 Å². The highest BCUT2D eigenvalue weighted by atomic mass is 15.0. The van der Waals surface area contributed by atoms with Crippen molar-refractivity contribution in [1.29, 1.82) is 0 Å². The van der Waals surface area contributed by atoms with Crippen LogP contribution < -0.4 is 0 Å². The molecule has 0 spiro atoms. The standard InChI is InChI=1S/C72H49N5/c1-72(2)63-22-12-9-19-57(63)58-41-39-56(45-64(58)72)77-65-23-13-10-20-59(65)61-40-35-54(44-68(61)77)53-36-42-67-62(43-53)60-21-11-14-24-66(60)76(67)55-37-33-52(34-38-55)71-74-69(50-29-25-48(26-30-50)46-15-5-3-6-16-46)73-70(75-71)51-31-27-49(28-32-51)47-17-7-4-8-18-47/h3-45H,1-2H3. The van der Waals surface area contributed by atoms with Gasteiger partial charge in [0.2, 0.25) is 0 Å². The van der Waals surface area contributed by atoms with Gasteiger partial charge in [0.15, 0.2) is 17.5 Å². The van der Waals surface area contributed by atoms with E-state index in [1.165, 1.54) is 82.8 Å². The fourth-order valence-electron chi connectivity index (χ4n) is 12.1. The molecule has 5 heteroatoms. The SMILES string of the molecule is CC1(C)c2ccccc2-c2ccc(-n3c4ccccc4c4ccc(-c5ccc6c(c5)c5ccccc5n6-c5ccc(-c6nc(-c7ccc(-c8ccccc8)cc7)nc(-c7ccc(-c8ccccc8)cc7)n6)cc5)cc43)cc21. The molecule has 14 aromatic rings. The van der Waals surface area contributed by atoms with Crippen LogP contribution in [-0.4, -0.2) is 24.1 Å². The molecule has 77 heavy (non-hydrogen) atoms. The summed E-state index contributed by atoms with van der Waals surface area (Å²) in [4.78, 5) is 15.4. The topological polar surface area (TPSA) is 48.5 Å². The highest BCUT2D eigenvalue weighted by molar-refractivity contribution is 6.12. The van der Waals surface area contributed by atoms with E-state index in [9.17, 15) is 0 Å². The second kappa shape index (κ2) is 17.6. The molecule has 0 N–H and O–H groups in total. The summed E-state index contributed by atoms with van der Waals surface area (Å²) in [5.41, 5.74) is 22.0. The highest BCUT2D eigenvalue weighted by Gasteiger charge is 2.35. The Kier molecular flexibility index (Phi) is 10.2. The Hall–Kier alpha value is -9.97. The zero-order valence-electron chi connectivity index (χ0n) is 42.6. The molecule has 362 valence electrons. The molecule has 1 aliphatic rings. The molecule has 0 saturated heterocycles. The molecule has 0 atom stereocenters. The molecule has 0 radical (unpaired) electrons. The first kappa shape index (κ1) is 44.5. The number of rotatable bonds is 8.